The van der Waals surface area contributed by atoms with Crippen LogP contribution in [0.2, 0.25) is 0 Å². The molecule has 0 aliphatic carbocycles. The van der Waals surface area contributed by atoms with Gasteiger partial charge in [0.25, 0.3) is 0 Å². The van der Waals surface area contributed by atoms with Crippen LogP contribution in [0.15, 0.2) is 188 Å². The van der Waals surface area contributed by atoms with Crippen molar-refractivity contribution in [1.29, 1.82) is 0 Å². The van der Waals surface area contributed by atoms with E-state index in [0.717, 1.165) is 11.1 Å². The molecule has 22 heteroatoms. The second kappa shape index (κ2) is 33.3. The van der Waals surface area contributed by atoms with Crippen LogP contribution in [0.3, 0.4) is 0 Å². The van der Waals surface area contributed by atoms with Crippen molar-refractivity contribution in [1.82, 2.24) is 21.3 Å². The van der Waals surface area contributed by atoms with E-state index in [9.17, 15) is 41.9 Å². The van der Waals surface area contributed by atoms with E-state index in [1.807, 2.05) is 36.4 Å². The Hall–Kier alpha value is -10.8. The minimum absolute atomic E-state index is 0.00966. The van der Waals surface area contributed by atoms with Gasteiger partial charge in [0.2, 0.25) is 40.7 Å². The number of amides is 4. The molecule has 0 aromatic heterocycles. The Morgan fingerprint density at radius 3 is 1.25 bits per heavy atom. The van der Waals surface area contributed by atoms with Crippen LogP contribution in [0.25, 0.3) is 11.1 Å². The molecule has 0 unspecified atom stereocenters. The second-order valence-corrected chi connectivity index (χ2v) is 22.2. The highest BCUT2D eigenvalue weighted by Crippen LogP contribution is 2.34. The van der Waals surface area contributed by atoms with Gasteiger partial charge >= 0.3 is 30.2 Å². The maximum absolute atomic E-state index is 15.1. The van der Waals surface area contributed by atoms with Crippen molar-refractivity contribution in [3.63, 3.8) is 0 Å². The number of esters is 2. The number of rotatable bonds is 28. The SMILES string of the molecule is CC(C)(C)OC(=O)N[C@@H](CCCNC(=O)OCc1ccccc1)C(=O)N[C@H](Cc1cc(-c2ccc(OCc3ccccc3)c(C[C@H](NC(=O)OCc3ccccc3)C(=O)Oc3c(F)c(F)c(F)c(F)c3F)c2)ccc1OCc1ccccc1)C(=O)OCc1ccccc1. The summed E-state index contributed by atoms with van der Waals surface area (Å²) in [5.41, 5.74) is 3.70. The predicted octanol–water partition coefficient (Wildman–Crippen LogP) is 13.0. The van der Waals surface area contributed by atoms with E-state index in [0.29, 0.717) is 33.4 Å². The summed E-state index contributed by atoms with van der Waals surface area (Å²) >= 11 is 0. The van der Waals surface area contributed by atoms with Gasteiger partial charge in [-0.2, -0.15) is 8.78 Å². The third-order valence-corrected chi connectivity index (χ3v) is 13.9. The van der Waals surface area contributed by atoms with Gasteiger partial charge in [-0.15, -0.1) is 0 Å². The first-order chi connectivity index (χ1) is 44.8. The van der Waals surface area contributed by atoms with Crippen molar-refractivity contribution in [2.45, 2.75) is 103 Å². The van der Waals surface area contributed by atoms with Crippen molar-refractivity contribution in [2.24, 2.45) is 0 Å². The highest BCUT2D eigenvalue weighted by atomic mass is 19.2. The van der Waals surface area contributed by atoms with Crippen LogP contribution < -0.4 is 35.5 Å². The number of nitrogens with one attached hydrogen (secondary N) is 4. The summed E-state index contributed by atoms with van der Waals surface area (Å²) in [6.45, 7) is 4.44. The molecule has 4 amide bonds. The van der Waals surface area contributed by atoms with Crippen LogP contribution in [0, 0.1) is 29.1 Å². The zero-order chi connectivity index (χ0) is 66.3. The van der Waals surface area contributed by atoms with E-state index >= 15 is 8.78 Å². The van der Waals surface area contributed by atoms with Crippen molar-refractivity contribution in [3.05, 3.63) is 256 Å². The largest absolute Gasteiger partial charge is 0.489 e. The van der Waals surface area contributed by atoms with Gasteiger partial charge in [-0.1, -0.05) is 164 Å². The molecule has 0 aliphatic rings. The lowest BCUT2D eigenvalue weighted by Crippen LogP contribution is -2.53. The van der Waals surface area contributed by atoms with Gasteiger partial charge in [0.05, 0.1) is 0 Å². The van der Waals surface area contributed by atoms with Crippen LogP contribution in [0.4, 0.5) is 36.3 Å². The van der Waals surface area contributed by atoms with Gasteiger partial charge in [0.1, 0.15) is 68.3 Å². The Bertz CT molecular complexity index is 3800. The Kier molecular flexibility index (Phi) is 24.4. The zero-order valence-electron chi connectivity index (χ0n) is 50.9. The smallest absolute Gasteiger partial charge is 0.408 e. The van der Waals surface area contributed by atoms with Crippen LogP contribution in [0.5, 0.6) is 17.2 Å². The molecule has 0 radical (unpaired) electrons. The minimum Gasteiger partial charge on any atom is -0.489 e. The van der Waals surface area contributed by atoms with E-state index in [1.54, 1.807) is 166 Å². The molecule has 0 heterocycles. The number of ether oxygens (including phenoxy) is 7. The highest BCUT2D eigenvalue weighted by molar-refractivity contribution is 5.90. The highest BCUT2D eigenvalue weighted by Gasteiger charge is 2.34. The summed E-state index contributed by atoms with van der Waals surface area (Å²) in [5, 5.41) is 10.4. The normalized spacial score (nSPS) is 12.0. The lowest BCUT2D eigenvalue weighted by molar-refractivity contribution is -0.149. The summed E-state index contributed by atoms with van der Waals surface area (Å²) in [6.07, 6.45) is -3.75. The van der Waals surface area contributed by atoms with E-state index in [4.69, 9.17) is 33.2 Å². The van der Waals surface area contributed by atoms with E-state index in [1.165, 1.54) is 6.07 Å². The fourth-order valence-electron chi connectivity index (χ4n) is 9.26. The van der Waals surface area contributed by atoms with Gasteiger partial charge in [0, 0.05) is 19.4 Å². The Balaban J connectivity index is 1.15. The molecule has 0 saturated heterocycles. The molecule has 4 N–H and O–H groups in total. The molecule has 0 saturated carbocycles. The number of hydrogen-bond acceptors (Lipinski definition) is 13. The number of alkyl carbamates (subject to hydrolysis) is 3. The topological polar surface area (TPSA) is 215 Å². The summed E-state index contributed by atoms with van der Waals surface area (Å²) in [5.74, 6) is -17.1. The van der Waals surface area contributed by atoms with Crippen LogP contribution in [-0.4, -0.2) is 66.4 Å². The molecular weight excluding hydrogens is 1210 g/mol. The maximum Gasteiger partial charge on any atom is 0.408 e. The average Bonchev–Trinajstić information content (AvgIpc) is 0.879. The first-order valence-electron chi connectivity index (χ1n) is 29.5. The van der Waals surface area contributed by atoms with E-state index in [-0.39, 0.29) is 75.9 Å². The third kappa shape index (κ3) is 20.9. The minimum atomic E-state index is -2.50. The van der Waals surface area contributed by atoms with E-state index < -0.39 is 101 Å². The molecular formula is C71H67F5N4O13. The van der Waals surface area contributed by atoms with Gasteiger partial charge in [-0.05, 0) is 108 Å². The molecule has 484 valence electrons. The monoisotopic (exact) mass is 1280 g/mol. The molecule has 93 heavy (non-hydrogen) atoms. The van der Waals surface area contributed by atoms with Gasteiger partial charge < -0.3 is 54.4 Å². The van der Waals surface area contributed by atoms with Crippen LogP contribution in [-0.2, 0) is 79.2 Å². The first kappa shape index (κ1) is 68.1. The molecule has 0 bridgehead atoms. The number of carbonyl (C=O) groups excluding carboxylic acids is 6. The van der Waals surface area contributed by atoms with Crippen LogP contribution in [0.1, 0.15) is 72.6 Å². The number of benzene rings is 8. The molecule has 8 aromatic rings. The predicted molar refractivity (Wildman–Crippen MR) is 331 cm³/mol. The number of hydrogen-bond donors (Lipinski definition) is 4. The molecule has 0 aliphatic heterocycles. The summed E-state index contributed by atoms with van der Waals surface area (Å²) in [6, 6.07) is 49.1. The standard InChI is InChI=1S/C71H67F5N4O13/c1-71(2,3)93-70(86)79-54(30-19-35-77-68(84)90-43-48-26-15-7-16-27-48)65(81)78-55(66(82)89-42-47-24-13-6-14-25-47)38-52-36-50(31-33-57(52)87-40-45-20-9-4-10-21-45)51-32-34-58(88-41-46-22-11-5-12-23-46)53(37-51)39-56(80-69(85)91-44-49-28-17-8-18-29-49)67(83)92-64-62(75)60(73)59(72)61(74)63(64)76/h4-18,20-29,31-34,36-37,54-56H,19,30,35,38-44H2,1-3H3,(H,77,84)(H,78,81)(H,79,86)(H,80,85)/t54-,55+,56-/m0/s1. The van der Waals surface area contributed by atoms with Crippen molar-refractivity contribution >= 4 is 36.1 Å². The zero-order valence-corrected chi connectivity index (χ0v) is 50.9. The summed E-state index contributed by atoms with van der Waals surface area (Å²) in [7, 11) is 0. The Labute approximate surface area is 533 Å². The fraction of sp³-hybridized carbons (Fsp3) is 0.239. The van der Waals surface area contributed by atoms with Crippen molar-refractivity contribution in [2.75, 3.05) is 6.54 Å². The second-order valence-electron chi connectivity index (χ2n) is 22.2. The Morgan fingerprint density at radius 1 is 0.419 bits per heavy atom. The lowest BCUT2D eigenvalue weighted by atomic mass is 9.95. The van der Waals surface area contributed by atoms with Gasteiger partial charge in [0.15, 0.2) is 0 Å². The Morgan fingerprint density at radius 2 is 0.806 bits per heavy atom. The lowest BCUT2D eigenvalue weighted by Gasteiger charge is -2.25. The quantitative estimate of drug-likeness (QED) is 0.00684. The molecule has 8 rings (SSSR count). The van der Waals surface area contributed by atoms with E-state index in [2.05, 4.69) is 21.3 Å². The molecule has 0 fully saturated rings. The first-order valence-corrected chi connectivity index (χ1v) is 29.5. The summed E-state index contributed by atoms with van der Waals surface area (Å²) in [4.78, 5) is 83.0. The molecule has 8 aromatic carbocycles. The third-order valence-electron chi connectivity index (χ3n) is 13.9. The van der Waals surface area contributed by atoms with Gasteiger partial charge in [-0.3, -0.25) is 4.79 Å². The van der Waals surface area contributed by atoms with Gasteiger partial charge in [-0.25, -0.2) is 37.1 Å². The number of carbonyl (C=O) groups is 6. The van der Waals surface area contributed by atoms with Crippen molar-refractivity contribution in [3.8, 4) is 28.4 Å². The maximum atomic E-state index is 15.1. The molecule has 17 nitrogen and oxygen atoms in total. The molecule has 0 spiro atoms. The summed E-state index contributed by atoms with van der Waals surface area (Å²) < 4.78 is 113. The molecule has 3 atom stereocenters. The fourth-order valence-corrected chi connectivity index (χ4v) is 9.26. The van der Waals surface area contributed by atoms with Crippen LogP contribution >= 0.6 is 0 Å². The number of halogens is 5. The average molecular weight is 1280 g/mol. The van der Waals surface area contributed by atoms with Crippen molar-refractivity contribution < 1.29 is 83.9 Å².